The van der Waals surface area contributed by atoms with Gasteiger partial charge in [-0.25, -0.2) is 4.79 Å². The molecule has 164 valence electrons. The SMILES string of the molecule is CC1(C)CC(=O)C2=C(C1)OC1=C(C(=O)CC(C)(C)C1)C2c1ccccc1OCC(=O)O. The third kappa shape index (κ3) is 4.03. The van der Waals surface area contributed by atoms with Gasteiger partial charge in [-0.15, -0.1) is 0 Å². The molecule has 1 heterocycles. The molecule has 1 aliphatic heterocycles. The van der Waals surface area contributed by atoms with Gasteiger partial charge in [-0.1, -0.05) is 45.9 Å². The third-order valence-corrected chi connectivity index (χ3v) is 6.16. The number of para-hydroxylation sites is 1. The topological polar surface area (TPSA) is 89.9 Å². The molecule has 6 heteroatoms. The van der Waals surface area contributed by atoms with E-state index in [1.54, 1.807) is 12.1 Å². The van der Waals surface area contributed by atoms with Crippen molar-refractivity contribution in [2.75, 3.05) is 6.61 Å². The Kier molecular flexibility index (Phi) is 5.07. The quantitative estimate of drug-likeness (QED) is 0.763. The number of carbonyl (C=O) groups is 3. The summed E-state index contributed by atoms with van der Waals surface area (Å²) in [7, 11) is 0. The summed E-state index contributed by atoms with van der Waals surface area (Å²) >= 11 is 0. The molecule has 3 aliphatic rings. The summed E-state index contributed by atoms with van der Waals surface area (Å²) in [5, 5.41) is 9.08. The zero-order valence-corrected chi connectivity index (χ0v) is 18.4. The number of aliphatic carboxylic acids is 1. The van der Waals surface area contributed by atoms with Crippen LogP contribution in [0.25, 0.3) is 0 Å². The van der Waals surface area contributed by atoms with Crippen molar-refractivity contribution < 1.29 is 29.0 Å². The lowest BCUT2D eigenvalue weighted by atomic mass is 9.65. The van der Waals surface area contributed by atoms with E-state index in [0.29, 0.717) is 59.7 Å². The number of hydrogen-bond acceptors (Lipinski definition) is 5. The third-order valence-electron chi connectivity index (χ3n) is 6.16. The van der Waals surface area contributed by atoms with E-state index >= 15 is 0 Å². The van der Waals surface area contributed by atoms with Gasteiger partial charge in [-0.2, -0.15) is 0 Å². The molecule has 0 aromatic heterocycles. The van der Waals surface area contributed by atoms with Crippen molar-refractivity contribution >= 4 is 17.5 Å². The molecule has 2 aliphatic carbocycles. The van der Waals surface area contributed by atoms with Crippen LogP contribution in [0.3, 0.4) is 0 Å². The van der Waals surface area contributed by atoms with Crippen molar-refractivity contribution in [2.24, 2.45) is 10.8 Å². The van der Waals surface area contributed by atoms with E-state index in [1.807, 2.05) is 39.8 Å². The van der Waals surface area contributed by atoms with Gasteiger partial charge in [0.1, 0.15) is 17.3 Å². The first-order chi connectivity index (χ1) is 14.5. The van der Waals surface area contributed by atoms with Crippen molar-refractivity contribution in [3.63, 3.8) is 0 Å². The molecule has 4 rings (SSSR count). The van der Waals surface area contributed by atoms with Crippen LogP contribution in [0.2, 0.25) is 0 Å². The van der Waals surface area contributed by atoms with Crippen LogP contribution in [0.1, 0.15) is 64.9 Å². The molecule has 0 spiro atoms. The highest BCUT2D eigenvalue weighted by Gasteiger charge is 2.48. The van der Waals surface area contributed by atoms with E-state index in [0.717, 1.165) is 0 Å². The van der Waals surface area contributed by atoms with Crippen molar-refractivity contribution in [1.82, 2.24) is 0 Å². The smallest absolute Gasteiger partial charge is 0.341 e. The number of allylic oxidation sites excluding steroid dienone is 4. The predicted molar refractivity (Wildman–Crippen MR) is 113 cm³/mol. The lowest BCUT2D eigenvalue weighted by Gasteiger charge is -2.42. The van der Waals surface area contributed by atoms with Gasteiger partial charge in [0.25, 0.3) is 0 Å². The minimum atomic E-state index is -1.09. The van der Waals surface area contributed by atoms with Crippen molar-refractivity contribution in [1.29, 1.82) is 0 Å². The van der Waals surface area contributed by atoms with Crippen LogP contribution < -0.4 is 4.74 Å². The molecule has 0 bridgehead atoms. The number of ether oxygens (including phenoxy) is 2. The summed E-state index contributed by atoms with van der Waals surface area (Å²) in [6.45, 7) is 7.65. The van der Waals surface area contributed by atoms with E-state index in [9.17, 15) is 14.4 Å². The average molecular weight is 424 g/mol. The summed E-state index contributed by atoms with van der Waals surface area (Å²) in [5.74, 6) is -0.136. The van der Waals surface area contributed by atoms with Gasteiger partial charge in [0.05, 0.1) is 5.92 Å². The molecule has 6 nitrogen and oxygen atoms in total. The molecule has 0 unspecified atom stereocenters. The lowest BCUT2D eigenvalue weighted by Crippen LogP contribution is -2.37. The number of carbonyl (C=O) groups excluding carboxylic acids is 2. The van der Waals surface area contributed by atoms with Crippen molar-refractivity contribution in [3.8, 4) is 5.75 Å². The normalized spacial score (nSPS) is 22.6. The van der Waals surface area contributed by atoms with Crippen LogP contribution in [-0.4, -0.2) is 29.2 Å². The van der Waals surface area contributed by atoms with Crippen LogP contribution >= 0.6 is 0 Å². The van der Waals surface area contributed by atoms with Gasteiger partial charge in [-0.05, 0) is 16.9 Å². The second-order valence-corrected chi connectivity index (χ2v) is 10.3. The number of carboxylic acid groups (broad SMARTS) is 1. The van der Waals surface area contributed by atoms with Crippen molar-refractivity contribution in [2.45, 2.75) is 59.3 Å². The Morgan fingerprint density at radius 3 is 2.00 bits per heavy atom. The van der Waals surface area contributed by atoms with E-state index in [2.05, 4.69) is 0 Å². The molecule has 1 aromatic rings. The van der Waals surface area contributed by atoms with Crippen LogP contribution in [0.5, 0.6) is 5.75 Å². The van der Waals surface area contributed by atoms with Gasteiger partial charge >= 0.3 is 5.97 Å². The van der Waals surface area contributed by atoms with Gasteiger partial charge in [0.15, 0.2) is 18.2 Å². The summed E-state index contributed by atoms with van der Waals surface area (Å²) in [6, 6.07) is 7.06. The van der Waals surface area contributed by atoms with Gasteiger partial charge < -0.3 is 14.6 Å². The molecule has 0 fully saturated rings. The maximum atomic E-state index is 13.3. The molecular weight excluding hydrogens is 396 g/mol. The molecule has 1 N–H and O–H groups in total. The summed E-state index contributed by atoms with van der Waals surface area (Å²) in [5.41, 5.74) is 1.20. The first kappa shape index (κ1) is 21.3. The zero-order chi connectivity index (χ0) is 22.6. The fraction of sp³-hybridized carbons (Fsp3) is 0.480. The summed E-state index contributed by atoms with van der Waals surface area (Å²) in [4.78, 5) is 37.7. The van der Waals surface area contributed by atoms with Crippen LogP contribution in [0.4, 0.5) is 0 Å². The molecule has 31 heavy (non-hydrogen) atoms. The van der Waals surface area contributed by atoms with Crippen molar-refractivity contribution in [3.05, 3.63) is 52.5 Å². The lowest BCUT2D eigenvalue weighted by molar-refractivity contribution is -0.139. The van der Waals surface area contributed by atoms with Gasteiger partial charge in [0, 0.05) is 42.4 Å². The number of carboxylic acids is 1. The Labute approximate surface area is 181 Å². The number of rotatable bonds is 4. The summed E-state index contributed by atoms with van der Waals surface area (Å²) in [6.07, 6.45) is 1.94. The highest BCUT2D eigenvalue weighted by Crippen LogP contribution is 2.54. The fourth-order valence-corrected chi connectivity index (χ4v) is 4.98. The van der Waals surface area contributed by atoms with Crippen LogP contribution in [0, 0.1) is 10.8 Å². The largest absolute Gasteiger partial charge is 0.482 e. The standard InChI is InChI=1S/C25H28O6/c1-24(2)9-15(26)22-18(11-24)31-19-12-25(3,4)10-16(27)23(19)21(22)14-7-5-6-8-17(14)30-13-20(28)29/h5-8,21H,9-13H2,1-4H3,(H,28,29). The monoisotopic (exact) mass is 424 g/mol. The molecule has 0 amide bonds. The second-order valence-electron chi connectivity index (χ2n) is 10.3. The molecule has 1 aromatic carbocycles. The van der Waals surface area contributed by atoms with E-state index < -0.39 is 18.5 Å². The minimum Gasteiger partial charge on any atom is -0.482 e. The Morgan fingerprint density at radius 1 is 0.968 bits per heavy atom. The maximum Gasteiger partial charge on any atom is 0.341 e. The highest BCUT2D eigenvalue weighted by molar-refractivity contribution is 6.06. The highest BCUT2D eigenvalue weighted by atomic mass is 16.5. The molecular formula is C25H28O6. The fourth-order valence-electron chi connectivity index (χ4n) is 4.98. The van der Waals surface area contributed by atoms with Gasteiger partial charge in [0.2, 0.25) is 0 Å². The predicted octanol–water partition coefficient (Wildman–Crippen LogP) is 4.55. The number of benzene rings is 1. The Balaban J connectivity index is 1.90. The van der Waals surface area contributed by atoms with Crippen LogP contribution in [0.15, 0.2) is 46.9 Å². The molecule has 0 saturated heterocycles. The second kappa shape index (κ2) is 7.36. The summed E-state index contributed by atoms with van der Waals surface area (Å²) < 4.78 is 11.8. The molecule has 0 radical (unpaired) electrons. The Morgan fingerprint density at radius 2 is 1.48 bits per heavy atom. The van der Waals surface area contributed by atoms with E-state index in [4.69, 9.17) is 14.6 Å². The van der Waals surface area contributed by atoms with E-state index in [-0.39, 0.29) is 22.4 Å². The number of Topliss-reactive ketones (excluding diaryl/α,β-unsaturated/α-hetero) is 2. The molecule has 0 saturated carbocycles. The minimum absolute atomic E-state index is 0.0338. The Bertz CT molecular complexity index is 988. The zero-order valence-electron chi connectivity index (χ0n) is 18.4. The number of hydrogen-bond donors (Lipinski definition) is 1. The van der Waals surface area contributed by atoms with Crippen LogP contribution in [-0.2, 0) is 19.1 Å². The maximum absolute atomic E-state index is 13.3. The first-order valence-corrected chi connectivity index (χ1v) is 10.6. The average Bonchev–Trinajstić information content (AvgIpc) is 2.62. The number of ketones is 2. The Hall–Kier alpha value is -2.89. The first-order valence-electron chi connectivity index (χ1n) is 10.6. The van der Waals surface area contributed by atoms with Gasteiger partial charge in [-0.3, -0.25) is 9.59 Å². The molecule has 0 atom stereocenters. The van der Waals surface area contributed by atoms with E-state index in [1.165, 1.54) is 0 Å².